The summed E-state index contributed by atoms with van der Waals surface area (Å²) >= 11 is 0. The fourth-order valence-corrected chi connectivity index (χ4v) is 7.57. The normalized spacial score (nSPS) is 20.5. The van der Waals surface area contributed by atoms with Gasteiger partial charge >= 0.3 is 7.60 Å². The highest BCUT2D eigenvalue weighted by molar-refractivity contribution is 7.78. The molecule has 0 amide bonds. The molecular weight excluding hydrogens is 281 g/mol. The van der Waals surface area contributed by atoms with Crippen molar-refractivity contribution in [2.24, 2.45) is 0 Å². The molecule has 8 nitrogen and oxygen atoms in total. The second-order valence-corrected chi connectivity index (χ2v) is 13.1. The van der Waals surface area contributed by atoms with Crippen LogP contribution in [0.25, 0.3) is 0 Å². The molecule has 6 N–H and O–H groups in total. The molecule has 0 spiro atoms. The Morgan fingerprint density at radius 2 is 1.50 bits per heavy atom. The largest absolute Gasteiger partial charge is 0.776 e. The van der Waals surface area contributed by atoms with E-state index in [2.05, 4.69) is 0 Å². The first kappa shape index (κ1) is 19.0. The molecule has 0 rings (SSSR count). The van der Waals surface area contributed by atoms with E-state index in [1.165, 1.54) is 0 Å². The van der Waals surface area contributed by atoms with E-state index >= 15 is 0 Å². The second-order valence-electron chi connectivity index (χ2n) is 4.29. The monoisotopic (exact) mass is 298 g/mol. The summed E-state index contributed by atoms with van der Waals surface area (Å²) in [5, 5.41) is 6.09. The lowest BCUT2D eigenvalue weighted by Crippen LogP contribution is -2.37. The smallest absolute Gasteiger partial charge is 0.369 e. The van der Waals surface area contributed by atoms with Crippen molar-refractivity contribution in [3.05, 3.63) is 0 Å². The predicted octanol–water partition coefficient (Wildman–Crippen LogP) is -1.56. The van der Waals surface area contributed by atoms with E-state index in [1.807, 2.05) is 0 Å². The minimum absolute atomic E-state index is 0. The lowest BCUT2D eigenvalue weighted by atomic mass is 10.8. The fourth-order valence-electron chi connectivity index (χ4n) is 0.982. The Hall–Kier alpha value is 0.650. The molecule has 0 aromatic rings. The van der Waals surface area contributed by atoms with Crippen molar-refractivity contribution in [3.63, 3.8) is 0 Å². The van der Waals surface area contributed by atoms with Crippen LogP contribution in [0.15, 0.2) is 0 Å². The lowest BCUT2D eigenvalue weighted by molar-refractivity contribution is -0.204. The predicted molar refractivity (Wildman–Crippen MR) is 60.0 cm³/mol. The van der Waals surface area contributed by atoms with E-state index < -0.39 is 33.7 Å². The first-order chi connectivity index (χ1) is 6.21. The van der Waals surface area contributed by atoms with E-state index in [4.69, 9.17) is 14.7 Å². The van der Waals surface area contributed by atoms with Gasteiger partial charge in [0.05, 0.1) is 0 Å². The van der Waals surface area contributed by atoms with E-state index in [9.17, 15) is 19.1 Å². The highest BCUT2D eigenvalue weighted by atomic mass is 31.2. The Kier molecular flexibility index (Phi) is 6.06. The van der Waals surface area contributed by atoms with Gasteiger partial charge in [0.2, 0.25) is 0 Å². The van der Waals surface area contributed by atoms with Gasteiger partial charge in [-0.25, -0.2) is 0 Å². The average Bonchev–Trinajstić information content (AvgIpc) is 1.77. The van der Waals surface area contributed by atoms with Crippen molar-refractivity contribution >= 4 is 22.5 Å². The zero-order valence-corrected chi connectivity index (χ0v) is 11.7. The Balaban J connectivity index is 0. The van der Waals surface area contributed by atoms with Crippen LogP contribution >= 0.6 is 22.5 Å². The summed E-state index contributed by atoms with van der Waals surface area (Å²) in [5.41, 5.74) is 0. The summed E-state index contributed by atoms with van der Waals surface area (Å²) in [6.07, 6.45) is -0.651. The van der Waals surface area contributed by atoms with Crippen molar-refractivity contribution in [1.82, 2.24) is 0 Å². The summed E-state index contributed by atoms with van der Waals surface area (Å²) in [6, 6.07) is 0. The van der Waals surface area contributed by atoms with Crippen LogP contribution in [0.1, 0.15) is 0 Å². The van der Waals surface area contributed by atoms with Crippen LogP contribution in [0.4, 0.5) is 0 Å². The molecule has 0 fully saturated rings. The van der Waals surface area contributed by atoms with E-state index in [-0.39, 0.29) is 5.48 Å². The summed E-state index contributed by atoms with van der Waals surface area (Å²) in [6.45, 7) is 4.76. The number of rotatable bonds is 4. The Morgan fingerprint density at radius 3 is 1.56 bits per heavy atom. The molecule has 0 aromatic carbocycles. The minimum Gasteiger partial charge on any atom is -0.776 e. The maximum atomic E-state index is 10.9. The minimum atomic E-state index is -5.54. The molecule has 2 atom stereocenters. The Morgan fingerprint density at radius 1 is 1.19 bits per heavy atom. The van der Waals surface area contributed by atoms with Gasteiger partial charge in [-0.3, -0.25) is 4.57 Å². The zero-order valence-electron chi connectivity index (χ0n) is 9.06. The van der Waals surface area contributed by atoms with Gasteiger partial charge in [0.1, 0.15) is 6.16 Å². The number of hydrogen-bond acceptors (Lipinski definition) is 4. The Labute approximate surface area is 93.7 Å². The van der Waals surface area contributed by atoms with Gasteiger partial charge in [-0.2, -0.15) is 0 Å². The van der Waals surface area contributed by atoms with Crippen LogP contribution in [-0.4, -0.2) is 56.5 Å². The molecule has 0 radical (unpaired) electrons. The van der Waals surface area contributed by atoms with Gasteiger partial charge in [0, 0.05) is 27.3 Å². The zero-order chi connectivity index (χ0) is 12.7. The molecule has 16 heavy (non-hydrogen) atoms. The second kappa shape index (κ2) is 5.11. The molecule has 0 aliphatic carbocycles. The standard InChI is InChI=1S/C5H15O7P3.H2O/c1-13(2,3)4-5(6,14(7,8)9)15(10,11)12;/h6H,4H2,1-3H3,(H3-,7,8,9,10,11,12);1H2. The number of aliphatic hydroxyl groups is 1. The maximum absolute atomic E-state index is 10.9. The molecule has 0 saturated carbocycles. The summed E-state index contributed by atoms with van der Waals surface area (Å²) in [5.74, 6) is 0. The molecule has 0 saturated heterocycles. The van der Waals surface area contributed by atoms with Crippen LogP contribution in [0.2, 0.25) is 0 Å². The van der Waals surface area contributed by atoms with Crippen LogP contribution in [-0.2, 0) is 9.13 Å². The number of hydrogen-bond donors (Lipinski definition) is 4. The summed E-state index contributed by atoms with van der Waals surface area (Å²) < 4.78 is 21.7. The molecule has 0 aromatic heterocycles. The molecule has 1 unspecified atom stereocenters. The molecule has 100 valence electrons. The van der Waals surface area contributed by atoms with Gasteiger partial charge in [0.25, 0.3) is 5.08 Å². The third-order valence-electron chi connectivity index (χ3n) is 1.61. The topological polar surface area (TPSA) is 170 Å². The third kappa shape index (κ3) is 4.49. The van der Waals surface area contributed by atoms with Crippen molar-refractivity contribution in [2.45, 2.75) is 5.08 Å². The molecule has 0 aliphatic rings. The summed E-state index contributed by atoms with van der Waals surface area (Å²) in [7, 11) is -12.9. The molecular formula is C5H17O8P3. The van der Waals surface area contributed by atoms with Crippen LogP contribution in [0, 0.1) is 0 Å². The van der Waals surface area contributed by atoms with Crippen LogP contribution < -0.4 is 4.89 Å². The van der Waals surface area contributed by atoms with Crippen LogP contribution in [0.3, 0.4) is 0 Å². The van der Waals surface area contributed by atoms with Gasteiger partial charge in [-0.15, -0.1) is 0 Å². The van der Waals surface area contributed by atoms with E-state index in [1.54, 1.807) is 20.0 Å². The van der Waals surface area contributed by atoms with E-state index in [0.717, 1.165) is 0 Å². The first-order valence-electron chi connectivity index (χ1n) is 3.83. The van der Waals surface area contributed by atoms with Crippen molar-refractivity contribution in [3.8, 4) is 0 Å². The SMILES string of the molecule is C[P+](C)(C)C[C@](O)(P(=O)([O-])O)P(=O)(O)O.O. The molecule has 11 heteroatoms. The van der Waals surface area contributed by atoms with Gasteiger partial charge in [0.15, 0.2) is 7.60 Å². The third-order valence-corrected chi connectivity index (χ3v) is 7.20. The highest BCUT2D eigenvalue weighted by Gasteiger charge is 2.58. The Bertz CT molecular complexity index is 299. The molecule has 0 heterocycles. The maximum Gasteiger partial charge on any atom is 0.369 e. The first-order valence-corrected chi connectivity index (χ1v) is 10.3. The fraction of sp³-hybridized carbons (Fsp3) is 1.00. The van der Waals surface area contributed by atoms with Crippen molar-refractivity contribution < 1.29 is 39.3 Å². The summed E-state index contributed by atoms with van der Waals surface area (Å²) in [4.78, 5) is 37.1. The molecule has 0 aliphatic heterocycles. The van der Waals surface area contributed by atoms with Gasteiger partial charge in [-0.1, -0.05) is 0 Å². The highest BCUT2D eigenvalue weighted by Crippen LogP contribution is 2.70. The van der Waals surface area contributed by atoms with Crippen molar-refractivity contribution in [2.75, 3.05) is 26.2 Å². The van der Waals surface area contributed by atoms with Gasteiger partial charge < -0.3 is 34.7 Å². The molecule has 0 bridgehead atoms. The van der Waals surface area contributed by atoms with Crippen LogP contribution in [0.5, 0.6) is 0 Å². The van der Waals surface area contributed by atoms with Crippen molar-refractivity contribution in [1.29, 1.82) is 0 Å². The lowest BCUT2D eigenvalue weighted by Gasteiger charge is -2.37. The average molecular weight is 298 g/mol. The quantitative estimate of drug-likeness (QED) is 0.454. The van der Waals surface area contributed by atoms with Gasteiger partial charge in [-0.05, 0) is 0 Å². The van der Waals surface area contributed by atoms with E-state index in [0.29, 0.717) is 0 Å².